The topological polar surface area (TPSA) is 40.5 Å². The van der Waals surface area contributed by atoms with Gasteiger partial charge in [0.15, 0.2) is 0 Å². The Labute approximate surface area is 131 Å². The fraction of sp³-hybridized carbons (Fsp3) is 0.533. The molecule has 0 aliphatic carbocycles. The van der Waals surface area contributed by atoms with Crippen molar-refractivity contribution >= 4 is 21.9 Å². The number of aliphatic carboxylic acids is 1. The van der Waals surface area contributed by atoms with E-state index in [2.05, 4.69) is 15.9 Å². The van der Waals surface area contributed by atoms with E-state index < -0.39 is 23.0 Å². The van der Waals surface area contributed by atoms with Crippen LogP contribution in [0.15, 0.2) is 16.6 Å². The highest BCUT2D eigenvalue weighted by molar-refractivity contribution is 9.10. The summed E-state index contributed by atoms with van der Waals surface area (Å²) in [5.41, 5.74) is -0.821. The number of carboxylic acids is 1. The molecule has 2 rings (SSSR count). The lowest BCUT2D eigenvalue weighted by Crippen LogP contribution is -2.47. The Morgan fingerprint density at radius 1 is 1.48 bits per heavy atom. The van der Waals surface area contributed by atoms with E-state index in [0.717, 1.165) is 6.42 Å². The first-order valence-electron chi connectivity index (χ1n) is 6.98. The van der Waals surface area contributed by atoms with Gasteiger partial charge < -0.3 is 5.11 Å². The molecule has 6 heteroatoms. The summed E-state index contributed by atoms with van der Waals surface area (Å²) in [5, 5.41) is 9.44. The van der Waals surface area contributed by atoms with E-state index in [-0.39, 0.29) is 16.6 Å². The molecular formula is C15H18BrF2NO2. The van der Waals surface area contributed by atoms with Gasteiger partial charge in [0.05, 0.1) is 9.89 Å². The van der Waals surface area contributed by atoms with E-state index in [1.54, 1.807) is 0 Å². The smallest absolute Gasteiger partial charge is 0.310 e. The third kappa shape index (κ3) is 3.26. The van der Waals surface area contributed by atoms with Crippen LogP contribution in [0, 0.1) is 17.0 Å². The second kappa shape index (κ2) is 6.40. The van der Waals surface area contributed by atoms with Crippen LogP contribution in [0.2, 0.25) is 0 Å². The molecular weight excluding hydrogens is 344 g/mol. The average Bonchev–Trinajstić information content (AvgIpc) is 2.47. The quantitative estimate of drug-likeness (QED) is 0.829. The van der Waals surface area contributed by atoms with Crippen molar-refractivity contribution in [2.45, 2.75) is 32.7 Å². The molecule has 1 saturated heterocycles. The molecule has 1 N–H and O–H groups in total. The highest BCUT2D eigenvalue weighted by atomic mass is 79.9. The number of piperidine rings is 1. The van der Waals surface area contributed by atoms with E-state index in [9.17, 15) is 18.7 Å². The number of nitrogens with zero attached hydrogens (tertiary/aromatic N) is 1. The van der Waals surface area contributed by atoms with Gasteiger partial charge in [0.2, 0.25) is 0 Å². The van der Waals surface area contributed by atoms with Gasteiger partial charge in [-0.1, -0.05) is 6.92 Å². The van der Waals surface area contributed by atoms with Crippen LogP contribution in [0.25, 0.3) is 0 Å². The maximum atomic E-state index is 14.0. The molecule has 0 amide bonds. The van der Waals surface area contributed by atoms with Gasteiger partial charge >= 0.3 is 5.97 Å². The van der Waals surface area contributed by atoms with Crippen LogP contribution in [-0.4, -0.2) is 29.1 Å². The van der Waals surface area contributed by atoms with Crippen molar-refractivity contribution in [2.75, 3.05) is 13.1 Å². The van der Waals surface area contributed by atoms with E-state index >= 15 is 0 Å². The van der Waals surface area contributed by atoms with Crippen molar-refractivity contribution in [3.05, 3.63) is 33.8 Å². The van der Waals surface area contributed by atoms with E-state index in [1.165, 1.54) is 12.1 Å². The molecule has 1 unspecified atom stereocenters. The second-order valence-corrected chi connectivity index (χ2v) is 6.43. The van der Waals surface area contributed by atoms with Crippen LogP contribution in [0.4, 0.5) is 8.78 Å². The molecule has 1 aromatic rings. The van der Waals surface area contributed by atoms with Crippen LogP contribution in [-0.2, 0) is 11.3 Å². The van der Waals surface area contributed by atoms with Crippen molar-refractivity contribution < 1.29 is 18.7 Å². The van der Waals surface area contributed by atoms with Crippen molar-refractivity contribution in [1.82, 2.24) is 4.90 Å². The summed E-state index contributed by atoms with van der Waals surface area (Å²) < 4.78 is 28.1. The number of hydrogen-bond donors (Lipinski definition) is 1. The van der Waals surface area contributed by atoms with Gasteiger partial charge in [0.1, 0.15) is 11.6 Å². The van der Waals surface area contributed by atoms with Crippen molar-refractivity contribution in [1.29, 1.82) is 0 Å². The van der Waals surface area contributed by atoms with Gasteiger partial charge in [0.25, 0.3) is 0 Å². The molecule has 0 bridgehead atoms. The van der Waals surface area contributed by atoms with Crippen LogP contribution in [0.1, 0.15) is 31.7 Å². The normalized spacial score (nSPS) is 23.2. The molecule has 21 heavy (non-hydrogen) atoms. The van der Waals surface area contributed by atoms with Crippen molar-refractivity contribution in [3.63, 3.8) is 0 Å². The lowest BCUT2D eigenvalue weighted by atomic mass is 9.77. The molecule has 1 aliphatic heterocycles. The minimum atomic E-state index is -0.829. The third-order valence-corrected chi connectivity index (χ3v) is 4.92. The zero-order chi connectivity index (χ0) is 15.6. The van der Waals surface area contributed by atoms with Crippen LogP contribution in [0.3, 0.4) is 0 Å². The van der Waals surface area contributed by atoms with Gasteiger partial charge in [0, 0.05) is 18.7 Å². The number of likely N-dealkylation sites (tertiary alicyclic amines) is 1. The highest BCUT2D eigenvalue weighted by Gasteiger charge is 2.40. The summed E-state index contributed by atoms with van der Waals surface area (Å²) in [6.07, 6.45) is 1.85. The number of benzene rings is 1. The van der Waals surface area contributed by atoms with Gasteiger partial charge in [-0.3, -0.25) is 9.69 Å². The molecule has 1 heterocycles. The first kappa shape index (κ1) is 16.4. The first-order valence-corrected chi connectivity index (χ1v) is 7.77. The summed E-state index contributed by atoms with van der Waals surface area (Å²) in [6, 6.07) is 2.55. The zero-order valence-electron chi connectivity index (χ0n) is 11.8. The van der Waals surface area contributed by atoms with Crippen LogP contribution >= 0.6 is 15.9 Å². The summed E-state index contributed by atoms with van der Waals surface area (Å²) in [7, 11) is 0. The predicted octanol–water partition coefficient (Wildman–Crippen LogP) is 3.80. The van der Waals surface area contributed by atoms with Gasteiger partial charge in [-0.05, 0) is 53.9 Å². The summed E-state index contributed by atoms with van der Waals surface area (Å²) in [4.78, 5) is 13.3. The Bertz CT molecular complexity index is 553. The Balaban J connectivity index is 2.21. The van der Waals surface area contributed by atoms with E-state index in [1.807, 2.05) is 11.8 Å². The summed E-state index contributed by atoms with van der Waals surface area (Å²) in [5.74, 6) is -2.04. The number of carbonyl (C=O) groups is 1. The number of carboxylic acid groups (broad SMARTS) is 1. The Kier molecular flexibility index (Phi) is 4.99. The molecule has 0 aromatic heterocycles. The molecule has 0 saturated carbocycles. The third-order valence-electron chi connectivity index (χ3n) is 4.31. The Morgan fingerprint density at radius 2 is 2.19 bits per heavy atom. The highest BCUT2D eigenvalue weighted by Crippen LogP contribution is 2.35. The molecule has 1 fully saturated rings. The SMILES string of the molecule is CCC1(C(=O)O)CCCN(Cc2c(F)ccc(Br)c2F)C1. The fourth-order valence-electron chi connectivity index (χ4n) is 2.91. The lowest BCUT2D eigenvalue weighted by molar-refractivity contribution is -0.153. The molecule has 0 spiro atoms. The number of rotatable bonds is 4. The Morgan fingerprint density at radius 3 is 2.81 bits per heavy atom. The minimum absolute atomic E-state index is 0.0123. The molecule has 1 atom stereocenters. The first-order chi connectivity index (χ1) is 9.89. The average molecular weight is 362 g/mol. The van der Waals surface area contributed by atoms with Crippen molar-refractivity contribution in [2.24, 2.45) is 5.41 Å². The molecule has 3 nitrogen and oxygen atoms in total. The largest absolute Gasteiger partial charge is 0.481 e. The lowest BCUT2D eigenvalue weighted by Gasteiger charge is -2.39. The van der Waals surface area contributed by atoms with Crippen LogP contribution < -0.4 is 0 Å². The minimum Gasteiger partial charge on any atom is -0.481 e. The maximum absolute atomic E-state index is 14.0. The number of halogens is 3. The number of hydrogen-bond acceptors (Lipinski definition) is 2. The van der Waals surface area contributed by atoms with Gasteiger partial charge in [-0.25, -0.2) is 8.78 Å². The van der Waals surface area contributed by atoms with Gasteiger partial charge in [-0.15, -0.1) is 0 Å². The molecule has 116 valence electrons. The summed E-state index contributed by atoms with van der Waals surface area (Å²) >= 11 is 3.05. The summed E-state index contributed by atoms with van der Waals surface area (Å²) in [6.45, 7) is 2.91. The standard InChI is InChI=1S/C15H18BrF2NO2/c1-2-15(14(20)21)6-3-7-19(9-15)8-10-12(17)5-4-11(16)13(10)18/h4-5H,2-3,6-9H2,1H3,(H,20,21). The molecule has 0 radical (unpaired) electrons. The van der Waals surface area contributed by atoms with E-state index in [0.29, 0.717) is 25.9 Å². The van der Waals surface area contributed by atoms with Gasteiger partial charge in [-0.2, -0.15) is 0 Å². The monoisotopic (exact) mass is 361 g/mol. The predicted molar refractivity (Wildman–Crippen MR) is 78.9 cm³/mol. The molecule has 1 aliphatic rings. The van der Waals surface area contributed by atoms with Crippen LogP contribution in [0.5, 0.6) is 0 Å². The van der Waals surface area contributed by atoms with E-state index in [4.69, 9.17) is 0 Å². The zero-order valence-corrected chi connectivity index (χ0v) is 13.4. The fourth-order valence-corrected chi connectivity index (χ4v) is 3.29. The molecule has 1 aromatic carbocycles. The Hall–Kier alpha value is -1.01. The van der Waals surface area contributed by atoms with Crippen molar-refractivity contribution in [3.8, 4) is 0 Å². The maximum Gasteiger partial charge on any atom is 0.310 e. The second-order valence-electron chi connectivity index (χ2n) is 5.57.